The molecule has 0 saturated heterocycles. The summed E-state index contributed by atoms with van der Waals surface area (Å²) in [5.74, 6) is 6.99. The second kappa shape index (κ2) is 7.17. The average molecular weight is 228 g/mol. The molecular formula is C17H24. The van der Waals surface area contributed by atoms with E-state index in [0.717, 1.165) is 25.7 Å². The van der Waals surface area contributed by atoms with Crippen LogP contribution in [0.3, 0.4) is 0 Å². The number of benzene rings is 1. The van der Waals surface area contributed by atoms with E-state index in [-0.39, 0.29) is 0 Å². The van der Waals surface area contributed by atoms with Crippen molar-refractivity contribution >= 4 is 0 Å². The molecule has 0 nitrogen and oxygen atoms in total. The lowest BCUT2D eigenvalue weighted by molar-refractivity contribution is 0.777. The van der Waals surface area contributed by atoms with Crippen LogP contribution < -0.4 is 0 Å². The largest absolute Gasteiger partial charge is 0.104 e. The van der Waals surface area contributed by atoms with Crippen LogP contribution in [0, 0.1) is 11.8 Å². The van der Waals surface area contributed by atoms with E-state index >= 15 is 0 Å². The van der Waals surface area contributed by atoms with E-state index < -0.39 is 0 Å². The second-order valence-electron chi connectivity index (χ2n) is 4.55. The van der Waals surface area contributed by atoms with Crippen LogP contribution in [-0.2, 0) is 12.8 Å². The van der Waals surface area contributed by atoms with Gasteiger partial charge in [-0.3, -0.25) is 0 Å². The van der Waals surface area contributed by atoms with Gasteiger partial charge in [-0.05, 0) is 35.4 Å². The molecule has 0 radical (unpaired) electrons. The lowest BCUT2D eigenvalue weighted by Gasteiger charge is -2.15. The first-order valence-electron chi connectivity index (χ1n) is 6.80. The smallest absolute Gasteiger partial charge is 0.0155 e. The normalized spacial score (nSPS) is 11.8. The van der Waals surface area contributed by atoms with Gasteiger partial charge in [-0.2, -0.15) is 0 Å². The van der Waals surface area contributed by atoms with Crippen molar-refractivity contribution in [2.45, 2.75) is 59.3 Å². The van der Waals surface area contributed by atoms with Gasteiger partial charge in [0.25, 0.3) is 0 Å². The van der Waals surface area contributed by atoms with E-state index in [0.29, 0.717) is 5.92 Å². The van der Waals surface area contributed by atoms with Crippen molar-refractivity contribution in [2.75, 3.05) is 0 Å². The van der Waals surface area contributed by atoms with Crippen molar-refractivity contribution in [2.24, 2.45) is 0 Å². The fraction of sp³-hybridized carbons (Fsp3) is 0.529. The monoisotopic (exact) mass is 228 g/mol. The van der Waals surface area contributed by atoms with Crippen molar-refractivity contribution < 1.29 is 0 Å². The average Bonchev–Trinajstić information content (AvgIpc) is 2.38. The molecule has 1 aromatic rings. The van der Waals surface area contributed by atoms with Crippen LogP contribution in [0.2, 0.25) is 0 Å². The number of rotatable bonds is 4. The minimum atomic E-state index is 0.551. The number of hydrogen-bond donors (Lipinski definition) is 0. The fourth-order valence-corrected chi connectivity index (χ4v) is 2.11. The topological polar surface area (TPSA) is 0 Å². The van der Waals surface area contributed by atoms with Gasteiger partial charge < -0.3 is 0 Å². The van der Waals surface area contributed by atoms with Gasteiger partial charge in [0.05, 0.1) is 0 Å². The molecule has 1 aromatic carbocycles. The van der Waals surface area contributed by atoms with Crippen LogP contribution in [0.5, 0.6) is 0 Å². The van der Waals surface area contributed by atoms with Crippen LogP contribution in [0.25, 0.3) is 0 Å². The van der Waals surface area contributed by atoms with E-state index in [1.807, 2.05) is 0 Å². The highest BCUT2D eigenvalue weighted by atomic mass is 14.1. The maximum absolute atomic E-state index is 3.27. The van der Waals surface area contributed by atoms with Crippen LogP contribution in [0.4, 0.5) is 0 Å². The molecule has 0 N–H and O–H groups in total. The van der Waals surface area contributed by atoms with Gasteiger partial charge in [-0.15, -0.1) is 11.8 Å². The van der Waals surface area contributed by atoms with Crippen molar-refractivity contribution in [3.8, 4) is 11.8 Å². The summed E-state index contributed by atoms with van der Waals surface area (Å²) in [5, 5.41) is 0. The SMILES string of the molecule is CCC#CCC(C)c1cc(CC)ccc1CC. The summed E-state index contributed by atoms with van der Waals surface area (Å²) in [6.07, 6.45) is 4.17. The molecule has 0 saturated carbocycles. The summed E-state index contributed by atoms with van der Waals surface area (Å²) in [5.41, 5.74) is 4.41. The van der Waals surface area contributed by atoms with Crippen LogP contribution >= 0.6 is 0 Å². The molecule has 1 rings (SSSR count). The Hall–Kier alpha value is -1.22. The lowest BCUT2D eigenvalue weighted by Crippen LogP contribution is -1.99. The molecule has 0 heteroatoms. The summed E-state index contributed by atoms with van der Waals surface area (Å²) in [4.78, 5) is 0. The molecule has 0 spiro atoms. The predicted molar refractivity (Wildman–Crippen MR) is 76.3 cm³/mol. The molecule has 92 valence electrons. The highest BCUT2D eigenvalue weighted by molar-refractivity contribution is 5.35. The van der Waals surface area contributed by atoms with E-state index in [9.17, 15) is 0 Å². The molecule has 0 aliphatic heterocycles. The van der Waals surface area contributed by atoms with Gasteiger partial charge in [0.2, 0.25) is 0 Å². The molecule has 0 aliphatic rings. The highest BCUT2D eigenvalue weighted by Crippen LogP contribution is 2.24. The van der Waals surface area contributed by atoms with Gasteiger partial charge in [0, 0.05) is 12.8 Å². The Balaban J connectivity index is 2.92. The van der Waals surface area contributed by atoms with E-state index in [2.05, 4.69) is 57.7 Å². The van der Waals surface area contributed by atoms with Crippen molar-refractivity contribution in [3.63, 3.8) is 0 Å². The zero-order valence-electron chi connectivity index (χ0n) is 11.6. The number of aryl methyl sites for hydroxylation is 2. The molecule has 0 heterocycles. The first kappa shape index (κ1) is 13.8. The molecule has 1 unspecified atom stereocenters. The van der Waals surface area contributed by atoms with Crippen LogP contribution in [-0.4, -0.2) is 0 Å². The maximum atomic E-state index is 3.27. The summed E-state index contributed by atoms with van der Waals surface area (Å²) in [7, 11) is 0. The van der Waals surface area contributed by atoms with E-state index in [1.54, 1.807) is 0 Å². The third-order valence-corrected chi connectivity index (χ3v) is 3.24. The fourth-order valence-electron chi connectivity index (χ4n) is 2.11. The summed E-state index contributed by atoms with van der Waals surface area (Å²) in [6, 6.07) is 6.92. The Morgan fingerprint density at radius 3 is 2.41 bits per heavy atom. The van der Waals surface area contributed by atoms with Gasteiger partial charge in [-0.1, -0.05) is 45.9 Å². The summed E-state index contributed by atoms with van der Waals surface area (Å²) < 4.78 is 0. The predicted octanol–water partition coefficient (Wildman–Crippen LogP) is 4.72. The molecule has 0 fully saturated rings. The molecule has 0 aliphatic carbocycles. The second-order valence-corrected chi connectivity index (χ2v) is 4.55. The summed E-state index contributed by atoms with van der Waals surface area (Å²) >= 11 is 0. The Morgan fingerprint density at radius 1 is 1.06 bits per heavy atom. The zero-order valence-corrected chi connectivity index (χ0v) is 11.6. The molecule has 0 bridgehead atoms. The minimum absolute atomic E-state index is 0.551. The Bertz CT molecular complexity index is 404. The minimum Gasteiger partial charge on any atom is -0.104 e. The van der Waals surface area contributed by atoms with Gasteiger partial charge in [0.15, 0.2) is 0 Å². The maximum Gasteiger partial charge on any atom is 0.0155 e. The van der Waals surface area contributed by atoms with E-state index in [4.69, 9.17) is 0 Å². The summed E-state index contributed by atoms with van der Waals surface area (Å²) in [6.45, 7) is 8.84. The van der Waals surface area contributed by atoms with Crippen LogP contribution in [0.15, 0.2) is 18.2 Å². The van der Waals surface area contributed by atoms with Gasteiger partial charge in [-0.25, -0.2) is 0 Å². The Labute approximate surface area is 106 Å². The third kappa shape index (κ3) is 3.93. The first-order chi connectivity index (χ1) is 8.22. The first-order valence-corrected chi connectivity index (χ1v) is 6.80. The highest BCUT2D eigenvalue weighted by Gasteiger charge is 2.09. The third-order valence-electron chi connectivity index (χ3n) is 3.24. The Kier molecular flexibility index (Phi) is 5.84. The van der Waals surface area contributed by atoms with Crippen LogP contribution in [0.1, 0.15) is 63.1 Å². The molecule has 1 atom stereocenters. The number of hydrogen-bond acceptors (Lipinski definition) is 0. The van der Waals surface area contributed by atoms with Gasteiger partial charge >= 0.3 is 0 Å². The molecule has 0 amide bonds. The quantitative estimate of drug-likeness (QED) is 0.654. The zero-order chi connectivity index (χ0) is 12.7. The van der Waals surface area contributed by atoms with Crippen molar-refractivity contribution in [1.29, 1.82) is 0 Å². The molecule has 17 heavy (non-hydrogen) atoms. The molecule has 0 aromatic heterocycles. The van der Waals surface area contributed by atoms with Gasteiger partial charge in [0.1, 0.15) is 0 Å². The van der Waals surface area contributed by atoms with Crippen molar-refractivity contribution in [3.05, 3.63) is 34.9 Å². The van der Waals surface area contributed by atoms with Crippen molar-refractivity contribution in [1.82, 2.24) is 0 Å². The Morgan fingerprint density at radius 2 is 1.82 bits per heavy atom. The lowest BCUT2D eigenvalue weighted by atomic mass is 9.90. The standard InChI is InChI=1S/C17H24/c1-5-8-9-10-14(4)17-13-15(6-2)11-12-16(17)7-3/h11-14H,5-7,10H2,1-4H3. The molecular weight excluding hydrogens is 204 g/mol. The van der Waals surface area contributed by atoms with E-state index in [1.165, 1.54) is 16.7 Å².